The van der Waals surface area contributed by atoms with E-state index in [4.69, 9.17) is 4.74 Å². The van der Waals surface area contributed by atoms with Crippen LogP contribution in [0, 0.1) is 5.92 Å². The van der Waals surface area contributed by atoms with Crippen LogP contribution in [0.4, 0.5) is 4.39 Å². The van der Waals surface area contributed by atoms with Crippen LogP contribution in [0.2, 0.25) is 0 Å². The van der Waals surface area contributed by atoms with Crippen LogP contribution >= 0.6 is 0 Å². The van der Waals surface area contributed by atoms with E-state index in [0.29, 0.717) is 6.61 Å². The quantitative estimate of drug-likeness (QED) is 0.735. The maximum Gasteiger partial charge on any atom is 0.312 e. The first-order valence-electron chi connectivity index (χ1n) is 5.49. The molecule has 0 bridgehead atoms. The standard InChI is InChI=1S/C13H15FO2/c1-3-16-12(15)11-10(13(11,2)14)9-7-5-4-6-8-9/h4-8,10-11H,3H2,1-2H3/t10-,11-,13+/m0/s1. The molecule has 0 N–H and O–H groups in total. The molecule has 0 radical (unpaired) electrons. The highest BCUT2D eigenvalue weighted by Gasteiger charge is 2.68. The molecule has 0 saturated heterocycles. The molecule has 1 aliphatic carbocycles. The van der Waals surface area contributed by atoms with Crippen LogP contribution in [-0.2, 0) is 9.53 Å². The lowest BCUT2D eigenvalue weighted by molar-refractivity contribution is -0.145. The Labute approximate surface area is 94.4 Å². The number of esters is 1. The molecule has 1 aliphatic rings. The summed E-state index contributed by atoms with van der Waals surface area (Å²) in [4.78, 5) is 11.5. The summed E-state index contributed by atoms with van der Waals surface area (Å²) in [6.07, 6.45) is 0. The minimum absolute atomic E-state index is 0.299. The summed E-state index contributed by atoms with van der Waals surface area (Å²) < 4.78 is 19.0. The van der Waals surface area contributed by atoms with Crippen molar-refractivity contribution in [2.45, 2.75) is 25.4 Å². The van der Waals surface area contributed by atoms with Crippen molar-refractivity contribution >= 4 is 5.97 Å². The zero-order valence-electron chi connectivity index (χ0n) is 9.44. The second-order valence-electron chi connectivity index (χ2n) is 4.27. The highest BCUT2D eigenvalue weighted by atomic mass is 19.1. The van der Waals surface area contributed by atoms with Gasteiger partial charge in [0, 0.05) is 5.92 Å². The molecule has 1 aromatic rings. The van der Waals surface area contributed by atoms with Gasteiger partial charge in [-0.05, 0) is 19.4 Å². The van der Waals surface area contributed by atoms with Crippen molar-refractivity contribution in [3.8, 4) is 0 Å². The second kappa shape index (κ2) is 3.89. The Kier molecular flexibility index (Phi) is 2.70. The fourth-order valence-corrected chi connectivity index (χ4v) is 2.26. The molecule has 86 valence electrons. The van der Waals surface area contributed by atoms with Crippen LogP contribution < -0.4 is 0 Å². The maximum atomic E-state index is 14.1. The SMILES string of the molecule is CCOC(=O)[C@@H]1[C@H](c2ccccc2)[C@@]1(C)F. The molecule has 1 fully saturated rings. The zero-order valence-corrected chi connectivity index (χ0v) is 9.44. The summed E-state index contributed by atoms with van der Waals surface area (Å²) in [5, 5.41) is 0. The number of carbonyl (C=O) groups is 1. The van der Waals surface area contributed by atoms with Gasteiger partial charge in [0.2, 0.25) is 0 Å². The third-order valence-electron chi connectivity index (χ3n) is 3.14. The number of ether oxygens (including phenoxy) is 1. The second-order valence-corrected chi connectivity index (χ2v) is 4.27. The Morgan fingerprint density at radius 2 is 2.06 bits per heavy atom. The molecule has 0 amide bonds. The van der Waals surface area contributed by atoms with E-state index in [0.717, 1.165) is 5.56 Å². The highest BCUT2D eigenvalue weighted by molar-refractivity contribution is 5.80. The smallest absolute Gasteiger partial charge is 0.312 e. The molecule has 0 unspecified atom stereocenters. The van der Waals surface area contributed by atoms with E-state index in [2.05, 4.69) is 0 Å². The summed E-state index contributed by atoms with van der Waals surface area (Å²) in [7, 11) is 0. The fraction of sp³-hybridized carbons (Fsp3) is 0.462. The van der Waals surface area contributed by atoms with E-state index in [1.807, 2.05) is 30.3 Å². The average Bonchev–Trinajstić information content (AvgIpc) is 2.83. The molecule has 1 saturated carbocycles. The Morgan fingerprint density at radius 3 is 2.62 bits per heavy atom. The minimum atomic E-state index is -1.46. The van der Waals surface area contributed by atoms with Gasteiger partial charge in [0.05, 0.1) is 6.61 Å². The summed E-state index contributed by atoms with van der Waals surface area (Å²) in [5.74, 6) is -1.43. The lowest BCUT2D eigenvalue weighted by Gasteiger charge is -1.99. The first-order valence-corrected chi connectivity index (χ1v) is 5.49. The highest BCUT2D eigenvalue weighted by Crippen LogP contribution is 2.60. The zero-order chi connectivity index (χ0) is 11.8. The van der Waals surface area contributed by atoms with E-state index < -0.39 is 17.6 Å². The van der Waals surface area contributed by atoms with E-state index in [-0.39, 0.29) is 5.92 Å². The number of benzene rings is 1. The lowest BCUT2D eigenvalue weighted by atomic mass is 10.1. The van der Waals surface area contributed by atoms with Crippen LogP contribution in [0.1, 0.15) is 25.3 Å². The molecule has 0 aliphatic heterocycles. The lowest BCUT2D eigenvalue weighted by Crippen LogP contribution is -2.11. The first-order chi connectivity index (χ1) is 7.59. The van der Waals surface area contributed by atoms with E-state index in [1.54, 1.807) is 6.92 Å². The molecular formula is C13H15FO2. The van der Waals surface area contributed by atoms with Gasteiger partial charge in [-0.25, -0.2) is 4.39 Å². The third kappa shape index (κ3) is 1.70. The Bertz CT molecular complexity index is 386. The Morgan fingerprint density at radius 1 is 1.44 bits per heavy atom. The summed E-state index contributed by atoms with van der Waals surface area (Å²) >= 11 is 0. The topological polar surface area (TPSA) is 26.3 Å². The van der Waals surface area contributed by atoms with Crippen LogP contribution in [0.5, 0.6) is 0 Å². The van der Waals surface area contributed by atoms with Crippen molar-refractivity contribution in [1.29, 1.82) is 0 Å². The van der Waals surface area contributed by atoms with E-state index in [1.165, 1.54) is 6.92 Å². The Hall–Kier alpha value is -1.38. The Balaban J connectivity index is 2.17. The van der Waals surface area contributed by atoms with Crippen molar-refractivity contribution < 1.29 is 13.9 Å². The number of halogens is 1. The molecule has 16 heavy (non-hydrogen) atoms. The molecule has 3 heteroatoms. The van der Waals surface area contributed by atoms with Gasteiger partial charge in [-0.15, -0.1) is 0 Å². The van der Waals surface area contributed by atoms with Crippen LogP contribution in [0.25, 0.3) is 0 Å². The predicted molar refractivity (Wildman–Crippen MR) is 58.8 cm³/mol. The van der Waals surface area contributed by atoms with Crippen LogP contribution in [0.15, 0.2) is 30.3 Å². The molecular weight excluding hydrogens is 207 g/mol. The van der Waals surface area contributed by atoms with Gasteiger partial charge < -0.3 is 4.74 Å². The van der Waals surface area contributed by atoms with Gasteiger partial charge in [0.15, 0.2) is 0 Å². The predicted octanol–water partition coefficient (Wildman–Crippen LogP) is 2.69. The van der Waals surface area contributed by atoms with Crippen LogP contribution in [0.3, 0.4) is 0 Å². The minimum Gasteiger partial charge on any atom is -0.466 e. The van der Waals surface area contributed by atoms with Gasteiger partial charge in [-0.1, -0.05) is 30.3 Å². The largest absolute Gasteiger partial charge is 0.466 e. The molecule has 1 aromatic carbocycles. The number of alkyl halides is 1. The van der Waals surface area contributed by atoms with Crippen molar-refractivity contribution in [3.05, 3.63) is 35.9 Å². The number of hydrogen-bond donors (Lipinski definition) is 0. The average molecular weight is 222 g/mol. The van der Waals surface area contributed by atoms with E-state index in [9.17, 15) is 9.18 Å². The summed E-state index contributed by atoms with van der Waals surface area (Å²) in [6.45, 7) is 3.49. The number of carbonyl (C=O) groups excluding carboxylic acids is 1. The van der Waals surface area contributed by atoms with Gasteiger partial charge in [0.1, 0.15) is 11.6 Å². The number of hydrogen-bond acceptors (Lipinski definition) is 2. The molecule has 0 spiro atoms. The van der Waals surface area contributed by atoms with Crippen molar-refractivity contribution in [1.82, 2.24) is 0 Å². The summed E-state index contributed by atoms with van der Waals surface area (Å²) in [6, 6.07) is 9.28. The van der Waals surface area contributed by atoms with Crippen LogP contribution in [-0.4, -0.2) is 18.2 Å². The normalized spacial score (nSPS) is 32.2. The van der Waals surface area contributed by atoms with Gasteiger partial charge >= 0.3 is 5.97 Å². The maximum absolute atomic E-state index is 14.1. The van der Waals surface area contributed by atoms with Gasteiger partial charge in [-0.2, -0.15) is 0 Å². The summed E-state index contributed by atoms with van der Waals surface area (Å²) in [5.41, 5.74) is -0.598. The van der Waals surface area contributed by atoms with Crippen molar-refractivity contribution in [2.75, 3.05) is 6.61 Å². The third-order valence-corrected chi connectivity index (χ3v) is 3.14. The van der Waals surface area contributed by atoms with Gasteiger partial charge in [-0.3, -0.25) is 4.79 Å². The van der Waals surface area contributed by atoms with Gasteiger partial charge in [0.25, 0.3) is 0 Å². The molecule has 0 aromatic heterocycles. The molecule has 2 nitrogen and oxygen atoms in total. The van der Waals surface area contributed by atoms with Crippen molar-refractivity contribution in [3.63, 3.8) is 0 Å². The molecule has 3 atom stereocenters. The molecule has 2 rings (SSSR count). The number of rotatable bonds is 3. The first kappa shape index (κ1) is 11.1. The molecule has 0 heterocycles. The fourth-order valence-electron chi connectivity index (χ4n) is 2.26. The monoisotopic (exact) mass is 222 g/mol. The van der Waals surface area contributed by atoms with E-state index >= 15 is 0 Å². The van der Waals surface area contributed by atoms with Crippen molar-refractivity contribution in [2.24, 2.45) is 5.92 Å².